The van der Waals surface area contributed by atoms with Crippen molar-refractivity contribution in [2.45, 2.75) is 24.6 Å². The fourth-order valence-corrected chi connectivity index (χ4v) is 2.82. The van der Waals surface area contributed by atoms with Crippen molar-refractivity contribution in [3.63, 3.8) is 0 Å². The van der Waals surface area contributed by atoms with Gasteiger partial charge in [-0.3, -0.25) is 0 Å². The Morgan fingerprint density at radius 2 is 1.48 bits per heavy atom. The van der Waals surface area contributed by atoms with Crippen LogP contribution >= 0.6 is 0 Å². The van der Waals surface area contributed by atoms with Crippen LogP contribution in [0.2, 0.25) is 0 Å². The third kappa shape index (κ3) is 4.51. The Kier molecular flexibility index (Phi) is 6.18. The van der Waals surface area contributed by atoms with Gasteiger partial charge in [-0.25, -0.2) is 9.59 Å². The third-order valence-electron chi connectivity index (χ3n) is 4.20. The highest BCUT2D eigenvalue weighted by Crippen LogP contribution is 2.26. The first kappa shape index (κ1) is 19.0. The minimum atomic E-state index is -1.30. The lowest BCUT2D eigenvalue weighted by Crippen LogP contribution is -2.40. The minimum Gasteiger partial charge on any atom is -0.459 e. The van der Waals surface area contributed by atoms with Crippen LogP contribution in [0.3, 0.4) is 0 Å². The van der Waals surface area contributed by atoms with Crippen molar-refractivity contribution in [1.29, 1.82) is 0 Å². The molecule has 3 rings (SSSR count). The summed E-state index contributed by atoms with van der Waals surface area (Å²) in [6.45, 7) is -0.197. The highest BCUT2D eigenvalue weighted by Gasteiger charge is 2.47. The van der Waals surface area contributed by atoms with Gasteiger partial charge in [0.15, 0.2) is 12.4 Å². The molecule has 0 saturated carbocycles. The fourth-order valence-electron chi connectivity index (χ4n) is 2.82. The minimum absolute atomic E-state index is 0.197. The molecule has 7 nitrogen and oxygen atoms in total. The molecule has 1 N–H and O–H groups in total. The van der Waals surface area contributed by atoms with Gasteiger partial charge in [0.1, 0.15) is 18.8 Å². The third-order valence-corrected chi connectivity index (χ3v) is 4.20. The van der Waals surface area contributed by atoms with Crippen molar-refractivity contribution in [2.75, 3.05) is 13.7 Å². The number of carbonyl (C=O) groups is 2. The van der Waals surface area contributed by atoms with Crippen LogP contribution in [-0.2, 0) is 18.9 Å². The smallest absolute Gasteiger partial charge is 0.338 e. The number of hydrogen-bond acceptors (Lipinski definition) is 7. The van der Waals surface area contributed by atoms with Crippen molar-refractivity contribution in [3.8, 4) is 0 Å². The second-order valence-electron chi connectivity index (χ2n) is 5.97. The van der Waals surface area contributed by atoms with Crippen molar-refractivity contribution in [1.82, 2.24) is 0 Å². The van der Waals surface area contributed by atoms with Crippen LogP contribution in [0.15, 0.2) is 60.7 Å². The van der Waals surface area contributed by atoms with Crippen molar-refractivity contribution in [2.24, 2.45) is 0 Å². The molecule has 1 saturated heterocycles. The molecule has 0 aromatic heterocycles. The molecule has 27 heavy (non-hydrogen) atoms. The molecule has 142 valence electrons. The first-order valence-corrected chi connectivity index (χ1v) is 8.44. The highest BCUT2D eigenvalue weighted by atomic mass is 16.7. The van der Waals surface area contributed by atoms with Gasteiger partial charge in [0.05, 0.1) is 11.1 Å². The lowest BCUT2D eigenvalue weighted by molar-refractivity contribution is -0.140. The van der Waals surface area contributed by atoms with Gasteiger partial charge >= 0.3 is 11.9 Å². The van der Waals surface area contributed by atoms with Gasteiger partial charge in [-0.15, -0.1) is 0 Å². The number of rotatable bonds is 6. The SMILES string of the molecule is CO[C@H]1C(O)O[C@H](COC(=O)c2ccccc2)[C@@H]1OC(=O)c1ccccc1. The van der Waals surface area contributed by atoms with Crippen LogP contribution in [0.5, 0.6) is 0 Å². The molecule has 1 aliphatic heterocycles. The van der Waals surface area contributed by atoms with Crippen LogP contribution < -0.4 is 0 Å². The molecular formula is C20H20O7. The van der Waals surface area contributed by atoms with Gasteiger partial charge < -0.3 is 24.1 Å². The summed E-state index contributed by atoms with van der Waals surface area (Å²) in [6, 6.07) is 16.9. The normalized spacial score (nSPS) is 24.4. The molecule has 7 heteroatoms. The first-order valence-electron chi connectivity index (χ1n) is 8.44. The average molecular weight is 372 g/mol. The maximum Gasteiger partial charge on any atom is 0.338 e. The van der Waals surface area contributed by atoms with Gasteiger partial charge in [-0.1, -0.05) is 36.4 Å². The number of esters is 2. The number of benzene rings is 2. The van der Waals surface area contributed by atoms with E-state index in [1.165, 1.54) is 7.11 Å². The summed E-state index contributed by atoms with van der Waals surface area (Å²) < 4.78 is 21.3. The molecule has 2 aromatic rings. The van der Waals surface area contributed by atoms with E-state index in [1.54, 1.807) is 60.7 Å². The van der Waals surface area contributed by atoms with Gasteiger partial charge in [0.2, 0.25) is 0 Å². The molecule has 0 amide bonds. The van der Waals surface area contributed by atoms with E-state index in [2.05, 4.69) is 0 Å². The number of ether oxygens (including phenoxy) is 4. The molecule has 4 atom stereocenters. The fraction of sp³-hybridized carbons (Fsp3) is 0.300. The molecule has 1 fully saturated rings. The van der Waals surface area contributed by atoms with Crippen molar-refractivity contribution in [3.05, 3.63) is 71.8 Å². The maximum absolute atomic E-state index is 12.4. The number of aliphatic hydroxyl groups is 1. The van der Waals surface area contributed by atoms with Crippen LogP contribution in [0.25, 0.3) is 0 Å². The number of hydrogen-bond donors (Lipinski definition) is 1. The van der Waals surface area contributed by atoms with Crippen molar-refractivity contribution < 1.29 is 33.6 Å². The van der Waals surface area contributed by atoms with Gasteiger partial charge in [0, 0.05) is 7.11 Å². The summed E-state index contributed by atoms with van der Waals surface area (Å²) in [7, 11) is 1.37. The monoisotopic (exact) mass is 372 g/mol. The molecule has 2 aromatic carbocycles. The molecule has 0 spiro atoms. The quantitative estimate of drug-likeness (QED) is 0.773. The predicted molar refractivity (Wildman–Crippen MR) is 94.0 cm³/mol. The van der Waals surface area contributed by atoms with E-state index in [-0.39, 0.29) is 6.61 Å². The van der Waals surface area contributed by atoms with E-state index < -0.39 is 36.5 Å². The second-order valence-corrected chi connectivity index (χ2v) is 5.97. The number of carbonyl (C=O) groups excluding carboxylic acids is 2. The van der Waals surface area contributed by atoms with E-state index >= 15 is 0 Å². The lowest BCUT2D eigenvalue weighted by atomic mass is 10.1. The zero-order valence-corrected chi connectivity index (χ0v) is 14.7. The highest BCUT2D eigenvalue weighted by molar-refractivity contribution is 5.90. The Morgan fingerprint density at radius 3 is 2.04 bits per heavy atom. The van der Waals surface area contributed by atoms with Gasteiger partial charge in [0.25, 0.3) is 0 Å². The maximum atomic E-state index is 12.4. The molecule has 1 heterocycles. The Morgan fingerprint density at radius 1 is 0.926 bits per heavy atom. The summed E-state index contributed by atoms with van der Waals surface area (Å²) >= 11 is 0. The zero-order chi connectivity index (χ0) is 19.2. The van der Waals surface area contributed by atoms with Crippen LogP contribution in [-0.4, -0.2) is 55.4 Å². The summed E-state index contributed by atoms with van der Waals surface area (Å²) in [5.41, 5.74) is 0.742. The standard InChI is InChI=1S/C20H20O7/c1-24-17-16(27-19(22)14-10-6-3-7-11-14)15(26-20(17)23)12-25-18(21)13-8-4-2-5-9-13/h2-11,15-17,20,23H,12H2,1H3/t15-,16+,17-,20?/m1/s1. The second kappa shape index (κ2) is 8.77. The van der Waals surface area contributed by atoms with Crippen LogP contribution in [0, 0.1) is 0 Å². The van der Waals surface area contributed by atoms with E-state index in [4.69, 9.17) is 18.9 Å². The van der Waals surface area contributed by atoms with Gasteiger partial charge in [-0.2, -0.15) is 0 Å². The summed E-state index contributed by atoms with van der Waals surface area (Å²) in [6.07, 6.45) is -3.98. The molecular weight excluding hydrogens is 352 g/mol. The zero-order valence-electron chi connectivity index (χ0n) is 14.7. The van der Waals surface area contributed by atoms with E-state index in [0.29, 0.717) is 11.1 Å². The van der Waals surface area contributed by atoms with E-state index in [1.807, 2.05) is 0 Å². The number of methoxy groups -OCH3 is 1. The summed E-state index contributed by atoms with van der Waals surface area (Å²) in [5.74, 6) is -1.12. The summed E-state index contributed by atoms with van der Waals surface area (Å²) in [5, 5.41) is 10.0. The Hall–Kier alpha value is -2.74. The van der Waals surface area contributed by atoms with E-state index in [9.17, 15) is 14.7 Å². The van der Waals surface area contributed by atoms with E-state index in [0.717, 1.165) is 0 Å². The van der Waals surface area contributed by atoms with Gasteiger partial charge in [-0.05, 0) is 24.3 Å². The Bertz CT molecular complexity index is 762. The Labute approximate surface area is 156 Å². The molecule has 0 aliphatic carbocycles. The Balaban J connectivity index is 1.67. The molecule has 0 bridgehead atoms. The molecule has 0 radical (unpaired) electrons. The summed E-state index contributed by atoms with van der Waals surface area (Å²) in [4.78, 5) is 24.5. The lowest BCUT2D eigenvalue weighted by Gasteiger charge is -2.22. The molecule has 1 aliphatic rings. The van der Waals surface area contributed by atoms with Crippen molar-refractivity contribution >= 4 is 11.9 Å². The largest absolute Gasteiger partial charge is 0.459 e. The first-order chi connectivity index (χ1) is 13.1. The number of aliphatic hydroxyl groups excluding tert-OH is 1. The topological polar surface area (TPSA) is 91.3 Å². The van der Waals surface area contributed by atoms with Crippen LogP contribution in [0.1, 0.15) is 20.7 Å². The van der Waals surface area contributed by atoms with Crippen LogP contribution in [0.4, 0.5) is 0 Å². The predicted octanol–water partition coefficient (Wildman–Crippen LogP) is 1.80. The molecule has 1 unspecified atom stereocenters. The average Bonchev–Trinajstić information content (AvgIpc) is 3.01.